The Morgan fingerprint density at radius 1 is 1.18 bits per heavy atom. The van der Waals surface area contributed by atoms with E-state index in [1.807, 2.05) is 12.1 Å². The molecule has 0 radical (unpaired) electrons. The molecular formula is C10H7ClN6. The van der Waals surface area contributed by atoms with Crippen molar-refractivity contribution in [1.82, 2.24) is 29.7 Å². The fourth-order valence-corrected chi connectivity index (χ4v) is 1.57. The second-order valence-corrected chi connectivity index (χ2v) is 3.60. The van der Waals surface area contributed by atoms with E-state index in [0.29, 0.717) is 11.8 Å². The smallest absolute Gasteiger partial charge is 0.255 e. The van der Waals surface area contributed by atoms with Gasteiger partial charge in [0.25, 0.3) is 5.95 Å². The number of aromatic amines is 1. The van der Waals surface area contributed by atoms with Crippen molar-refractivity contribution in [3.63, 3.8) is 0 Å². The van der Waals surface area contributed by atoms with Crippen LogP contribution in [0.15, 0.2) is 36.8 Å². The lowest BCUT2D eigenvalue weighted by Crippen LogP contribution is -2.05. The zero-order valence-electron chi connectivity index (χ0n) is 8.58. The van der Waals surface area contributed by atoms with Gasteiger partial charge >= 0.3 is 0 Å². The van der Waals surface area contributed by atoms with E-state index in [9.17, 15) is 0 Å². The Bertz CT molecular complexity index is 564. The fraction of sp³-hybridized carbons (Fsp3) is 0. The molecule has 0 aliphatic rings. The molecule has 0 saturated carbocycles. The quantitative estimate of drug-likeness (QED) is 0.747. The molecule has 0 fully saturated rings. The van der Waals surface area contributed by atoms with E-state index in [2.05, 4.69) is 25.0 Å². The first-order chi connectivity index (χ1) is 8.33. The average molecular weight is 247 g/mol. The molecular weight excluding hydrogens is 240 g/mol. The summed E-state index contributed by atoms with van der Waals surface area (Å²) in [4.78, 5) is 15.4. The van der Waals surface area contributed by atoms with Crippen LogP contribution in [0, 0.1) is 0 Å². The van der Waals surface area contributed by atoms with Crippen molar-refractivity contribution in [2.75, 3.05) is 0 Å². The summed E-state index contributed by atoms with van der Waals surface area (Å²) in [5.41, 5.74) is 0.780. The van der Waals surface area contributed by atoms with E-state index in [0.717, 1.165) is 5.69 Å². The molecule has 1 N–H and O–H groups in total. The van der Waals surface area contributed by atoms with Gasteiger partial charge in [0, 0.05) is 18.6 Å². The predicted molar refractivity (Wildman–Crippen MR) is 61.7 cm³/mol. The van der Waals surface area contributed by atoms with Gasteiger partial charge in [-0.05, 0) is 29.8 Å². The van der Waals surface area contributed by atoms with Gasteiger partial charge in [-0.1, -0.05) is 0 Å². The lowest BCUT2D eigenvalue weighted by atomic mass is 10.4. The third-order valence-corrected chi connectivity index (χ3v) is 2.31. The molecule has 3 rings (SSSR count). The summed E-state index contributed by atoms with van der Waals surface area (Å²) in [6, 6.07) is 5.51. The third kappa shape index (κ3) is 1.90. The highest BCUT2D eigenvalue weighted by Gasteiger charge is 2.09. The molecule has 0 saturated heterocycles. The van der Waals surface area contributed by atoms with Crippen LogP contribution in [0.25, 0.3) is 17.5 Å². The summed E-state index contributed by atoms with van der Waals surface area (Å²) < 4.78 is 1.53. The van der Waals surface area contributed by atoms with Crippen molar-refractivity contribution in [3.05, 3.63) is 42.1 Å². The Balaban J connectivity index is 2.13. The monoisotopic (exact) mass is 246 g/mol. The van der Waals surface area contributed by atoms with E-state index in [4.69, 9.17) is 11.6 Å². The molecule has 0 spiro atoms. The Labute approximate surface area is 101 Å². The number of hydrogen-bond donors (Lipinski definition) is 1. The standard InChI is InChI=1S/C10H7ClN6/c11-9-14-8(7-3-1-4-12-7)15-10(16-9)17-6-2-5-13-17/h1-6,12H. The van der Waals surface area contributed by atoms with Crippen molar-refractivity contribution in [1.29, 1.82) is 0 Å². The summed E-state index contributed by atoms with van der Waals surface area (Å²) in [5.74, 6) is 0.875. The maximum Gasteiger partial charge on any atom is 0.255 e. The van der Waals surface area contributed by atoms with Crippen molar-refractivity contribution < 1.29 is 0 Å². The van der Waals surface area contributed by atoms with Crippen LogP contribution in [0.4, 0.5) is 0 Å². The Kier molecular flexibility index (Phi) is 2.34. The van der Waals surface area contributed by atoms with Gasteiger partial charge in [-0.2, -0.15) is 20.1 Å². The van der Waals surface area contributed by atoms with Crippen LogP contribution in [-0.4, -0.2) is 29.7 Å². The molecule has 0 aliphatic heterocycles. The number of hydrogen-bond acceptors (Lipinski definition) is 4. The van der Waals surface area contributed by atoms with Crippen LogP contribution in [0.5, 0.6) is 0 Å². The number of aromatic nitrogens is 6. The second-order valence-electron chi connectivity index (χ2n) is 3.26. The van der Waals surface area contributed by atoms with Crippen molar-refractivity contribution in [2.24, 2.45) is 0 Å². The van der Waals surface area contributed by atoms with E-state index in [1.165, 1.54) is 4.68 Å². The van der Waals surface area contributed by atoms with Crippen LogP contribution in [0.2, 0.25) is 5.28 Å². The van der Waals surface area contributed by atoms with Crippen LogP contribution in [-0.2, 0) is 0 Å². The zero-order chi connectivity index (χ0) is 11.7. The van der Waals surface area contributed by atoms with Crippen LogP contribution in [0.3, 0.4) is 0 Å². The molecule has 0 atom stereocenters. The minimum atomic E-state index is 0.134. The van der Waals surface area contributed by atoms with Gasteiger partial charge in [0.1, 0.15) is 0 Å². The maximum atomic E-state index is 5.87. The van der Waals surface area contributed by atoms with Crippen molar-refractivity contribution in [3.8, 4) is 17.5 Å². The highest BCUT2D eigenvalue weighted by molar-refractivity contribution is 6.28. The number of rotatable bonds is 2. The van der Waals surface area contributed by atoms with E-state index in [1.54, 1.807) is 24.7 Å². The van der Waals surface area contributed by atoms with Gasteiger partial charge in [0.2, 0.25) is 5.28 Å². The predicted octanol–water partition coefficient (Wildman–Crippen LogP) is 1.71. The summed E-state index contributed by atoms with van der Waals surface area (Å²) in [7, 11) is 0. The maximum absolute atomic E-state index is 5.87. The van der Waals surface area contributed by atoms with Crippen LogP contribution >= 0.6 is 11.6 Å². The number of halogens is 1. The molecule has 6 nitrogen and oxygen atoms in total. The number of nitrogens with zero attached hydrogens (tertiary/aromatic N) is 5. The van der Waals surface area contributed by atoms with Crippen LogP contribution < -0.4 is 0 Å². The first-order valence-electron chi connectivity index (χ1n) is 4.88. The first kappa shape index (κ1) is 9.98. The lowest BCUT2D eigenvalue weighted by Gasteiger charge is -2.02. The zero-order valence-corrected chi connectivity index (χ0v) is 9.33. The van der Waals surface area contributed by atoms with E-state index < -0.39 is 0 Å². The van der Waals surface area contributed by atoms with Crippen molar-refractivity contribution in [2.45, 2.75) is 0 Å². The Hall–Kier alpha value is -2.21. The van der Waals surface area contributed by atoms with Gasteiger partial charge in [-0.3, -0.25) is 0 Å². The molecule has 17 heavy (non-hydrogen) atoms. The topological polar surface area (TPSA) is 72.3 Å². The van der Waals surface area contributed by atoms with Gasteiger partial charge in [0.05, 0.1) is 5.69 Å². The molecule has 3 heterocycles. The summed E-state index contributed by atoms with van der Waals surface area (Å²) in [5, 5.41) is 4.18. The molecule has 0 bridgehead atoms. The van der Waals surface area contributed by atoms with Crippen molar-refractivity contribution >= 4 is 11.6 Å². The minimum Gasteiger partial charge on any atom is -0.359 e. The van der Waals surface area contributed by atoms with Gasteiger partial charge in [-0.15, -0.1) is 0 Å². The van der Waals surface area contributed by atoms with E-state index in [-0.39, 0.29) is 5.28 Å². The first-order valence-corrected chi connectivity index (χ1v) is 5.26. The molecule has 3 aromatic rings. The molecule has 84 valence electrons. The van der Waals surface area contributed by atoms with E-state index >= 15 is 0 Å². The van der Waals surface area contributed by atoms with Crippen LogP contribution in [0.1, 0.15) is 0 Å². The highest BCUT2D eigenvalue weighted by atomic mass is 35.5. The molecule has 0 aromatic carbocycles. The Morgan fingerprint density at radius 2 is 2.12 bits per heavy atom. The molecule has 0 unspecified atom stereocenters. The highest BCUT2D eigenvalue weighted by Crippen LogP contribution is 2.15. The minimum absolute atomic E-state index is 0.134. The van der Waals surface area contributed by atoms with Gasteiger partial charge < -0.3 is 4.98 Å². The number of nitrogens with one attached hydrogen (secondary N) is 1. The molecule has 0 aliphatic carbocycles. The molecule has 0 amide bonds. The summed E-state index contributed by atoms with van der Waals surface area (Å²) in [6.45, 7) is 0. The third-order valence-electron chi connectivity index (χ3n) is 2.14. The largest absolute Gasteiger partial charge is 0.359 e. The van der Waals surface area contributed by atoms with Gasteiger partial charge in [-0.25, -0.2) is 4.68 Å². The molecule has 3 aromatic heterocycles. The normalized spacial score (nSPS) is 10.6. The van der Waals surface area contributed by atoms with Gasteiger partial charge in [0.15, 0.2) is 5.82 Å². The Morgan fingerprint density at radius 3 is 2.82 bits per heavy atom. The second kappa shape index (κ2) is 3.99. The average Bonchev–Trinajstić information content (AvgIpc) is 3.02. The SMILES string of the molecule is Clc1nc(-c2ccc[nH]2)nc(-n2cccn2)n1. The summed E-state index contributed by atoms with van der Waals surface area (Å²) >= 11 is 5.87. The summed E-state index contributed by atoms with van der Waals surface area (Å²) in [6.07, 6.45) is 5.18. The number of H-pyrrole nitrogens is 1. The lowest BCUT2D eigenvalue weighted by molar-refractivity contribution is 0.797. The fourth-order valence-electron chi connectivity index (χ4n) is 1.42. The molecule has 7 heteroatoms.